The number of nitrogens with zero attached hydrogens (tertiary/aromatic N) is 2. The molecule has 190 valence electrons. The predicted octanol–water partition coefficient (Wildman–Crippen LogP) is 3.87. The molecule has 4 rings (SSSR count). The molecule has 3 aromatic rings. The van der Waals surface area contributed by atoms with Gasteiger partial charge in [0.2, 0.25) is 0 Å². The highest BCUT2D eigenvalue weighted by Crippen LogP contribution is 2.21. The fourth-order valence-corrected chi connectivity index (χ4v) is 4.04. The lowest BCUT2D eigenvalue weighted by atomic mass is 10.0. The minimum absolute atomic E-state index is 0.0322. The number of rotatable bonds is 9. The van der Waals surface area contributed by atoms with Crippen molar-refractivity contribution in [1.82, 2.24) is 10.2 Å². The first-order valence-electron chi connectivity index (χ1n) is 11.7. The molecule has 0 atom stereocenters. The van der Waals surface area contributed by atoms with Crippen molar-refractivity contribution in [3.63, 3.8) is 0 Å². The largest absolute Gasteiger partial charge is 0.485 e. The number of hydrogen-bond acceptors (Lipinski definition) is 7. The molecular weight excluding hydrogens is 472 g/mol. The Morgan fingerprint density at radius 1 is 1.19 bits per heavy atom. The van der Waals surface area contributed by atoms with E-state index in [0.717, 1.165) is 17.7 Å². The topological polar surface area (TPSA) is 93.4 Å². The minimum atomic E-state index is -0.551. The molecule has 0 aliphatic carbocycles. The molecule has 1 aromatic heterocycles. The molecule has 10 heteroatoms. The Balaban J connectivity index is 1.27. The van der Waals surface area contributed by atoms with Crippen molar-refractivity contribution in [2.24, 2.45) is 5.16 Å². The van der Waals surface area contributed by atoms with Gasteiger partial charge in [-0.3, -0.25) is 14.5 Å². The van der Waals surface area contributed by atoms with E-state index in [9.17, 15) is 18.4 Å². The molecular formula is C26H27F2N3O5. The van der Waals surface area contributed by atoms with E-state index in [1.807, 2.05) is 13.0 Å². The molecule has 0 radical (unpaired) electrons. The predicted molar refractivity (Wildman–Crippen MR) is 130 cm³/mol. The van der Waals surface area contributed by atoms with Crippen molar-refractivity contribution in [2.45, 2.75) is 32.4 Å². The fraction of sp³-hybridized carbons (Fsp3) is 0.346. The van der Waals surface area contributed by atoms with Gasteiger partial charge in [-0.1, -0.05) is 11.2 Å². The number of benzene rings is 2. The van der Waals surface area contributed by atoms with Crippen LogP contribution in [0, 0.1) is 11.6 Å². The first-order chi connectivity index (χ1) is 17.4. The van der Waals surface area contributed by atoms with E-state index in [4.69, 9.17) is 14.0 Å². The lowest BCUT2D eigenvalue weighted by Crippen LogP contribution is -2.44. The van der Waals surface area contributed by atoms with Crippen molar-refractivity contribution in [2.75, 3.05) is 26.3 Å². The Morgan fingerprint density at radius 2 is 2.00 bits per heavy atom. The Hall–Kier alpha value is -3.79. The van der Waals surface area contributed by atoms with Crippen molar-refractivity contribution in [3.8, 4) is 5.75 Å². The van der Waals surface area contributed by atoms with Crippen LogP contribution in [0.5, 0.6) is 5.75 Å². The van der Waals surface area contributed by atoms with Gasteiger partial charge in [-0.2, -0.15) is 0 Å². The number of amides is 1. The van der Waals surface area contributed by atoms with E-state index >= 15 is 0 Å². The third-order valence-corrected chi connectivity index (χ3v) is 5.83. The second-order valence-corrected chi connectivity index (χ2v) is 8.42. The molecule has 1 N–H and O–H groups in total. The lowest BCUT2D eigenvalue weighted by molar-refractivity contribution is 0.0881. The number of oxime groups is 1. The van der Waals surface area contributed by atoms with E-state index in [1.165, 1.54) is 24.4 Å². The third kappa shape index (κ3) is 6.45. The Labute approximate surface area is 206 Å². The second-order valence-electron chi connectivity index (χ2n) is 8.42. The number of fused-ring (bicyclic) bond motifs is 1. The number of nitrogens with one attached hydrogen (secondary N) is 1. The molecule has 1 fully saturated rings. The van der Waals surface area contributed by atoms with Crippen LogP contribution in [0.3, 0.4) is 0 Å². The molecule has 1 aliphatic rings. The summed E-state index contributed by atoms with van der Waals surface area (Å²) in [7, 11) is 0. The molecule has 2 heterocycles. The smallest absolute Gasteiger partial charge is 0.287 e. The average Bonchev–Trinajstić information content (AvgIpc) is 2.86. The molecule has 1 saturated heterocycles. The molecule has 2 aromatic carbocycles. The van der Waals surface area contributed by atoms with Gasteiger partial charge in [0.05, 0.1) is 11.6 Å². The van der Waals surface area contributed by atoms with Crippen LogP contribution in [-0.4, -0.2) is 49.4 Å². The van der Waals surface area contributed by atoms with E-state index in [2.05, 4.69) is 15.4 Å². The summed E-state index contributed by atoms with van der Waals surface area (Å²) >= 11 is 0. The maximum atomic E-state index is 14.4. The number of carbonyl (C=O) groups is 1. The van der Waals surface area contributed by atoms with Crippen molar-refractivity contribution in [1.29, 1.82) is 0 Å². The van der Waals surface area contributed by atoms with E-state index in [1.54, 1.807) is 6.07 Å². The summed E-state index contributed by atoms with van der Waals surface area (Å²) in [5, 5.41) is 6.75. The Bertz CT molecular complexity index is 1300. The van der Waals surface area contributed by atoms with Gasteiger partial charge in [0, 0.05) is 37.8 Å². The van der Waals surface area contributed by atoms with Gasteiger partial charge in [-0.25, -0.2) is 8.78 Å². The van der Waals surface area contributed by atoms with Crippen LogP contribution in [0.4, 0.5) is 8.78 Å². The molecule has 8 nitrogen and oxygen atoms in total. The number of piperidine rings is 1. The van der Waals surface area contributed by atoms with Gasteiger partial charge in [0.1, 0.15) is 24.6 Å². The van der Waals surface area contributed by atoms with Crippen molar-refractivity contribution >= 4 is 23.1 Å². The highest BCUT2D eigenvalue weighted by atomic mass is 19.1. The summed E-state index contributed by atoms with van der Waals surface area (Å²) in [6.07, 6.45) is 2.79. The summed E-state index contributed by atoms with van der Waals surface area (Å²) in [5.74, 6) is -1.52. The normalized spacial score (nSPS) is 14.9. The van der Waals surface area contributed by atoms with E-state index < -0.39 is 23.0 Å². The van der Waals surface area contributed by atoms with Gasteiger partial charge in [-0.05, 0) is 49.6 Å². The van der Waals surface area contributed by atoms with Crippen LogP contribution in [-0.2, 0) is 11.4 Å². The van der Waals surface area contributed by atoms with Gasteiger partial charge in [0.25, 0.3) is 5.91 Å². The van der Waals surface area contributed by atoms with Crippen molar-refractivity contribution < 1.29 is 27.6 Å². The molecule has 1 aliphatic heterocycles. The van der Waals surface area contributed by atoms with Gasteiger partial charge in [-0.15, -0.1) is 0 Å². The van der Waals surface area contributed by atoms with Crippen LogP contribution in [0.2, 0.25) is 0 Å². The Kier molecular flexibility index (Phi) is 8.27. The molecule has 0 spiro atoms. The average molecular weight is 500 g/mol. The molecule has 0 bridgehead atoms. The zero-order chi connectivity index (χ0) is 25.5. The van der Waals surface area contributed by atoms with Gasteiger partial charge >= 0.3 is 0 Å². The van der Waals surface area contributed by atoms with E-state index in [0.29, 0.717) is 39.1 Å². The second kappa shape index (κ2) is 11.8. The maximum Gasteiger partial charge on any atom is 0.287 e. The summed E-state index contributed by atoms with van der Waals surface area (Å²) < 4.78 is 38.7. The highest BCUT2D eigenvalue weighted by molar-refractivity contribution is 5.93. The molecule has 36 heavy (non-hydrogen) atoms. The standard InChI is InChI=1S/C26H27F2N3O5/c1-2-35-29-9-12-34-23-6-3-17(13-21(23)28)16-31-10-7-19(8-11-31)30-26(33)25-15-22(32)20-5-4-18(27)14-24(20)36-25/h3-6,9,13-15,19H,2,7-8,10-12,16H2,1H3,(H,30,33)/b29-9-. The zero-order valence-corrected chi connectivity index (χ0v) is 19.8. The molecule has 1 amide bonds. The molecule has 0 saturated carbocycles. The van der Waals surface area contributed by atoms with Crippen LogP contribution >= 0.6 is 0 Å². The Morgan fingerprint density at radius 3 is 2.75 bits per heavy atom. The first kappa shape index (κ1) is 25.3. The number of hydrogen-bond donors (Lipinski definition) is 1. The zero-order valence-electron chi connectivity index (χ0n) is 19.8. The minimum Gasteiger partial charge on any atom is -0.485 e. The third-order valence-electron chi connectivity index (χ3n) is 5.83. The maximum absolute atomic E-state index is 14.4. The molecule has 0 unspecified atom stereocenters. The van der Waals surface area contributed by atoms with Crippen molar-refractivity contribution in [3.05, 3.63) is 75.6 Å². The van der Waals surface area contributed by atoms with E-state index in [-0.39, 0.29) is 35.1 Å². The van der Waals surface area contributed by atoms with Crippen LogP contribution in [0.15, 0.2) is 56.8 Å². The first-order valence-corrected chi connectivity index (χ1v) is 11.7. The summed E-state index contributed by atoms with van der Waals surface area (Å²) in [6, 6.07) is 9.47. The number of halogens is 2. The summed E-state index contributed by atoms with van der Waals surface area (Å²) in [5.41, 5.74) is 0.443. The fourth-order valence-electron chi connectivity index (χ4n) is 4.04. The number of carbonyl (C=O) groups excluding carboxylic acids is 1. The summed E-state index contributed by atoms with van der Waals surface area (Å²) in [6.45, 7) is 4.33. The quantitative estimate of drug-likeness (QED) is 0.355. The van der Waals surface area contributed by atoms with Gasteiger partial charge < -0.3 is 19.3 Å². The van der Waals surface area contributed by atoms with Gasteiger partial charge in [0.15, 0.2) is 22.8 Å². The SMILES string of the molecule is CCO/N=C\COc1ccc(CN2CCC(NC(=O)c3cc(=O)c4ccc(F)cc4o3)CC2)cc1F. The van der Waals surface area contributed by atoms with Crippen LogP contribution < -0.4 is 15.5 Å². The lowest BCUT2D eigenvalue weighted by Gasteiger charge is -2.32. The monoisotopic (exact) mass is 499 g/mol. The number of likely N-dealkylation sites (tertiary alicyclic amines) is 1. The highest BCUT2D eigenvalue weighted by Gasteiger charge is 2.23. The van der Waals surface area contributed by atoms with Crippen LogP contribution in [0.25, 0.3) is 11.0 Å². The summed E-state index contributed by atoms with van der Waals surface area (Å²) in [4.78, 5) is 31.9. The number of ether oxygens (including phenoxy) is 1. The van der Waals surface area contributed by atoms with Crippen LogP contribution in [0.1, 0.15) is 35.9 Å².